The van der Waals surface area contributed by atoms with Crippen molar-refractivity contribution in [3.8, 4) is 10.8 Å². The Balaban J connectivity index is 1.48. The predicted molar refractivity (Wildman–Crippen MR) is 94.9 cm³/mol. The second-order valence-corrected chi connectivity index (χ2v) is 6.49. The van der Waals surface area contributed by atoms with Crippen LogP contribution in [0.2, 0.25) is 0 Å². The van der Waals surface area contributed by atoms with Gasteiger partial charge in [0.25, 0.3) is 5.91 Å². The normalized spacial score (nSPS) is 10.9. The van der Waals surface area contributed by atoms with Crippen molar-refractivity contribution in [2.24, 2.45) is 0 Å². The SMILES string of the molecule is O=C(NCc1ccc(F)cc1)c1ccc(-c2nc3ccccc3s2)o1. The highest BCUT2D eigenvalue weighted by molar-refractivity contribution is 7.21. The van der Waals surface area contributed by atoms with Crippen LogP contribution in [-0.4, -0.2) is 10.9 Å². The number of carbonyl (C=O) groups is 1. The topological polar surface area (TPSA) is 55.1 Å². The van der Waals surface area contributed by atoms with Gasteiger partial charge in [-0.2, -0.15) is 0 Å². The Morgan fingerprint density at radius 3 is 2.68 bits per heavy atom. The molecule has 25 heavy (non-hydrogen) atoms. The molecule has 0 aliphatic heterocycles. The monoisotopic (exact) mass is 352 g/mol. The van der Waals surface area contributed by atoms with E-state index in [4.69, 9.17) is 4.42 Å². The molecule has 1 amide bonds. The van der Waals surface area contributed by atoms with E-state index in [1.165, 1.54) is 23.5 Å². The van der Waals surface area contributed by atoms with E-state index in [1.807, 2.05) is 24.3 Å². The molecule has 0 radical (unpaired) electrons. The average molecular weight is 352 g/mol. The van der Waals surface area contributed by atoms with Gasteiger partial charge in [-0.3, -0.25) is 4.79 Å². The van der Waals surface area contributed by atoms with Crippen molar-refractivity contribution in [3.05, 3.63) is 77.8 Å². The Labute approximate surface area is 146 Å². The third kappa shape index (κ3) is 3.29. The molecule has 0 saturated heterocycles. The quantitative estimate of drug-likeness (QED) is 0.583. The summed E-state index contributed by atoms with van der Waals surface area (Å²) in [5, 5.41) is 3.49. The van der Waals surface area contributed by atoms with Gasteiger partial charge in [-0.15, -0.1) is 11.3 Å². The van der Waals surface area contributed by atoms with Gasteiger partial charge in [-0.05, 0) is 42.0 Å². The Morgan fingerprint density at radius 2 is 1.88 bits per heavy atom. The molecule has 4 nitrogen and oxygen atoms in total. The van der Waals surface area contributed by atoms with Gasteiger partial charge in [0.1, 0.15) is 5.82 Å². The zero-order valence-electron chi connectivity index (χ0n) is 13.0. The zero-order valence-corrected chi connectivity index (χ0v) is 13.8. The Morgan fingerprint density at radius 1 is 1.08 bits per heavy atom. The highest BCUT2D eigenvalue weighted by atomic mass is 32.1. The summed E-state index contributed by atoms with van der Waals surface area (Å²) in [4.78, 5) is 16.7. The first-order chi connectivity index (χ1) is 12.2. The van der Waals surface area contributed by atoms with Gasteiger partial charge in [0.15, 0.2) is 16.5 Å². The number of halogens is 1. The fourth-order valence-corrected chi connectivity index (χ4v) is 3.35. The second-order valence-electron chi connectivity index (χ2n) is 5.46. The maximum Gasteiger partial charge on any atom is 0.287 e. The number of rotatable bonds is 4. The lowest BCUT2D eigenvalue weighted by Gasteiger charge is -2.03. The van der Waals surface area contributed by atoms with E-state index in [0.29, 0.717) is 12.3 Å². The van der Waals surface area contributed by atoms with Gasteiger partial charge >= 0.3 is 0 Å². The molecule has 4 aromatic rings. The minimum atomic E-state index is -0.323. The van der Waals surface area contributed by atoms with E-state index in [-0.39, 0.29) is 17.5 Å². The molecular formula is C19H13FN2O2S. The van der Waals surface area contributed by atoms with E-state index in [2.05, 4.69) is 10.3 Å². The molecule has 1 N–H and O–H groups in total. The van der Waals surface area contributed by atoms with Crippen molar-refractivity contribution >= 4 is 27.5 Å². The number of hydrogen-bond acceptors (Lipinski definition) is 4. The van der Waals surface area contributed by atoms with E-state index >= 15 is 0 Å². The number of aromatic nitrogens is 1. The van der Waals surface area contributed by atoms with Gasteiger partial charge in [0.05, 0.1) is 10.2 Å². The van der Waals surface area contributed by atoms with Crippen molar-refractivity contribution in [2.75, 3.05) is 0 Å². The second kappa shape index (κ2) is 6.49. The first kappa shape index (κ1) is 15.5. The summed E-state index contributed by atoms with van der Waals surface area (Å²) >= 11 is 1.51. The number of para-hydroxylation sites is 1. The van der Waals surface area contributed by atoms with Crippen LogP contribution in [0.1, 0.15) is 16.1 Å². The molecule has 124 valence electrons. The number of furan rings is 1. The molecule has 2 aromatic heterocycles. The minimum absolute atomic E-state index is 0.219. The van der Waals surface area contributed by atoms with Crippen molar-refractivity contribution in [2.45, 2.75) is 6.54 Å². The molecule has 0 fully saturated rings. The van der Waals surface area contributed by atoms with Crippen LogP contribution < -0.4 is 5.32 Å². The van der Waals surface area contributed by atoms with Crippen molar-refractivity contribution in [1.29, 1.82) is 0 Å². The lowest BCUT2D eigenvalue weighted by atomic mass is 10.2. The molecule has 2 aromatic carbocycles. The molecule has 0 aliphatic rings. The fourth-order valence-electron chi connectivity index (χ4n) is 2.42. The summed E-state index contributed by atoms with van der Waals surface area (Å²) in [5.74, 6) is 0.155. The van der Waals surface area contributed by atoms with E-state index in [9.17, 15) is 9.18 Å². The van der Waals surface area contributed by atoms with Crippen LogP contribution in [-0.2, 0) is 6.54 Å². The number of hydrogen-bond donors (Lipinski definition) is 1. The number of amides is 1. The third-order valence-corrected chi connectivity index (χ3v) is 4.75. The summed E-state index contributed by atoms with van der Waals surface area (Å²) in [5.41, 5.74) is 1.72. The lowest BCUT2D eigenvalue weighted by molar-refractivity contribution is 0.0924. The van der Waals surface area contributed by atoms with Gasteiger partial charge in [-0.1, -0.05) is 24.3 Å². The van der Waals surface area contributed by atoms with Crippen LogP contribution >= 0.6 is 11.3 Å². The molecule has 0 atom stereocenters. The number of carbonyl (C=O) groups excluding carboxylic acids is 1. The smallest absolute Gasteiger partial charge is 0.287 e. The highest BCUT2D eigenvalue weighted by Gasteiger charge is 2.14. The number of nitrogens with zero attached hydrogens (tertiary/aromatic N) is 1. The summed E-state index contributed by atoms with van der Waals surface area (Å²) in [7, 11) is 0. The van der Waals surface area contributed by atoms with Crippen LogP contribution in [0, 0.1) is 5.82 Å². The number of thiazole rings is 1. The minimum Gasteiger partial charge on any atom is -0.448 e. The molecule has 0 bridgehead atoms. The van der Waals surface area contributed by atoms with Gasteiger partial charge < -0.3 is 9.73 Å². The highest BCUT2D eigenvalue weighted by Crippen LogP contribution is 2.31. The largest absolute Gasteiger partial charge is 0.448 e. The molecule has 0 saturated carbocycles. The molecule has 2 heterocycles. The van der Waals surface area contributed by atoms with Gasteiger partial charge in [-0.25, -0.2) is 9.37 Å². The molecule has 4 rings (SSSR count). The summed E-state index contributed by atoms with van der Waals surface area (Å²) in [6, 6.07) is 17.2. The number of benzene rings is 2. The predicted octanol–water partition coefficient (Wildman–Crippen LogP) is 4.63. The Kier molecular flexibility index (Phi) is 4.03. The molecule has 0 spiro atoms. The van der Waals surface area contributed by atoms with Gasteiger partial charge in [0, 0.05) is 6.54 Å². The van der Waals surface area contributed by atoms with Crippen LogP contribution in [0.5, 0.6) is 0 Å². The average Bonchev–Trinajstić information content (AvgIpc) is 3.27. The van der Waals surface area contributed by atoms with E-state index < -0.39 is 0 Å². The maximum atomic E-state index is 12.9. The summed E-state index contributed by atoms with van der Waals surface area (Å²) < 4.78 is 19.6. The molecule has 0 unspecified atom stereocenters. The van der Waals surface area contributed by atoms with Crippen LogP contribution in [0.25, 0.3) is 21.0 Å². The molecule has 6 heteroatoms. The van der Waals surface area contributed by atoms with Crippen LogP contribution in [0.4, 0.5) is 4.39 Å². The number of nitrogens with one attached hydrogen (secondary N) is 1. The summed E-state index contributed by atoms with van der Waals surface area (Å²) in [6.07, 6.45) is 0. The Bertz CT molecular complexity index is 1000. The first-order valence-corrected chi connectivity index (χ1v) is 8.49. The van der Waals surface area contributed by atoms with E-state index in [0.717, 1.165) is 20.8 Å². The lowest BCUT2D eigenvalue weighted by Crippen LogP contribution is -2.22. The standard InChI is InChI=1S/C19H13FN2O2S/c20-13-7-5-12(6-8-13)11-21-18(23)15-9-10-16(24-15)19-22-14-3-1-2-4-17(14)25-19/h1-10H,11H2,(H,21,23). The fraction of sp³-hybridized carbons (Fsp3) is 0.0526. The maximum absolute atomic E-state index is 12.9. The first-order valence-electron chi connectivity index (χ1n) is 7.67. The molecular weight excluding hydrogens is 339 g/mol. The zero-order chi connectivity index (χ0) is 17.2. The van der Waals surface area contributed by atoms with Crippen LogP contribution in [0.3, 0.4) is 0 Å². The number of fused-ring (bicyclic) bond motifs is 1. The third-order valence-electron chi connectivity index (χ3n) is 3.70. The van der Waals surface area contributed by atoms with Crippen LogP contribution in [0.15, 0.2) is 65.1 Å². The molecule has 0 aliphatic carbocycles. The van der Waals surface area contributed by atoms with Gasteiger partial charge in [0.2, 0.25) is 0 Å². The summed E-state index contributed by atoms with van der Waals surface area (Å²) in [6.45, 7) is 0.302. The van der Waals surface area contributed by atoms with E-state index in [1.54, 1.807) is 24.3 Å². The Hall–Kier alpha value is -2.99. The van der Waals surface area contributed by atoms with Crippen molar-refractivity contribution in [3.63, 3.8) is 0 Å². The van der Waals surface area contributed by atoms with Crippen molar-refractivity contribution in [1.82, 2.24) is 10.3 Å². The van der Waals surface area contributed by atoms with Crippen molar-refractivity contribution < 1.29 is 13.6 Å².